The maximum atomic E-state index is 11.9. The van der Waals surface area contributed by atoms with Gasteiger partial charge in [0.2, 0.25) is 5.91 Å². The number of thiophene rings is 1. The van der Waals surface area contributed by atoms with Crippen LogP contribution in [-0.4, -0.2) is 24.2 Å². The zero-order chi connectivity index (χ0) is 15.6. The van der Waals surface area contributed by atoms with Crippen LogP contribution in [0.4, 0.5) is 5.69 Å². The van der Waals surface area contributed by atoms with Gasteiger partial charge in [-0.25, -0.2) is 0 Å². The lowest BCUT2D eigenvalue weighted by Crippen LogP contribution is -2.32. The molecule has 0 aliphatic heterocycles. The van der Waals surface area contributed by atoms with Crippen LogP contribution >= 0.6 is 23.1 Å². The van der Waals surface area contributed by atoms with Crippen molar-refractivity contribution in [3.05, 3.63) is 52.7 Å². The summed E-state index contributed by atoms with van der Waals surface area (Å²) in [5.41, 5.74) is 0.853. The molecule has 3 nitrogen and oxygen atoms in total. The molecule has 2 N–H and O–H groups in total. The third kappa shape index (κ3) is 6.64. The van der Waals surface area contributed by atoms with Crippen LogP contribution in [0.3, 0.4) is 0 Å². The van der Waals surface area contributed by atoms with Gasteiger partial charge in [0.05, 0.1) is 0 Å². The largest absolute Gasteiger partial charge is 0.326 e. The second-order valence-electron chi connectivity index (χ2n) is 5.11. The standard InChI is InChI=1S/C17H22N2OS2/c1-14(12-17(20)19-15-6-3-2-4-7-15)18-9-11-21-13-16-8-5-10-22-16/h2-8,10,14,18H,9,11-13H2,1H3,(H,19,20)/t14-/m0/s1. The average molecular weight is 335 g/mol. The van der Waals surface area contributed by atoms with Gasteiger partial charge in [0.1, 0.15) is 0 Å². The molecular weight excluding hydrogens is 312 g/mol. The molecule has 0 spiro atoms. The van der Waals surface area contributed by atoms with Crippen LogP contribution in [-0.2, 0) is 10.5 Å². The number of para-hydroxylation sites is 1. The molecule has 0 bridgehead atoms. The Labute approximate surface area is 140 Å². The number of carbonyl (C=O) groups excluding carboxylic acids is 1. The topological polar surface area (TPSA) is 41.1 Å². The molecule has 1 aromatic heterocycles. The zero-order valence-electron chi connectivity index (χ0n) is 12.7. The van der Waals surface area contributed by atoms with Crippen LogP contribution in [0.2, 0.25) is 0 Å². The SMILES string of the molecule is C[C@@H](CC(=O)Nc1ccccc1)NCCSCc1cccs1. The molecule has 2 rings (SSSR count). The summed E-state index contributed by atoms with van der Waals surface area (Å²) < 4.78 is 0. The van der Waals surface area contributed by atoms with Gasteiger partial charge in [-0.1, -0.05) is 24.3 Å². The Kier molecular flexibility index (Phi) is 7.49. The molecule has 0 unspecified atom stereocenters. The monoisotopic (exact) mass is 334 g/mol. The minimum Gasteiger partial charge on any atom is -0.326 e. The Morgan fingerprint density at radius 1 is 1.23 bits per heavy atom. The summed E-state index contributed by atoms with van der Waals surface area (Å²) in [4.78, 5) is 13.3. The molecule has 0 fully saturated rings. The third-order valence-corrected chi connectivity index (χ3v) is 5.18. The maximum absolute atomic E-state index is 11.9. The number of nitrogens with one attached hydrogen (secondary N) is 2. The minimum atomic E-state index is 0.0532. The zero-order valence-corrected chi connectivity index (χ0v) is 14.4. The van der Waals surface area contributed by atoms with Gasteiger partial charge in [-0.3, -0.25) is 4.79 Å². The normalized spacial score (nSPS) is 12.0. The van der Waals surface area contributed by atoms with Crippen molar-refractivity contribution in [2.24, 2.45) is 0 Å². The summed E-state index contributed by atoms with van der Waals surface area (Å²) in [5.74, 6) is 2.18. The lowest BCUT2D eigenvalue weighted by Gasteiger charge is -2.13. The smallest absolute Gasteiger partial charge is 0.225 e. The lowest BCUT2D eigenvalue weighted by molar-refractivity contribution is -0.116. The Balaban J connectivity index is 1.55. The first kappa shape index (κ1) is 17.1. The van der Waals surface area contributed by atoms with Gasteiger partial charge in [-0.05, 0) is 30.5 Å². The first-order valence-corrected chi connectivity index (χ1v) is 9.46. The van der Waals surface area contributed by atoms with E-state index in [9.17, 15) is 4.79 Å². The van der Waals surface area contributed by atoms with Crippen molar-refractivity contribution < 1.29 is 4.79 Å². The van der Waals surface area contributed by atoms with E-state index in [1.165, 1.54) is 4.88 Å². The van der Waals surface area contributed by atoms with E-state index in [1.807, 2.05) is 42.1 Å². The van der Waals surface area contributed by atoms with Gasteiger partial charge < -0.3 is 10.6 Å². The molecule has 22 heavy (non-hydrogen) atoms. The van der Waals surface area contributed by atoms with E-state index < -0.39 is 0 Å². The van der Waals surface area contributed by atoms with Crippen molar-refractivity contribution in [3.63, 3.8) is 0 Å². The third-order valence-electron chi connectivity index (χ3n) is 3.11. The molecule has 0 saturated heterocycles. The van der Waals surface area contributed by atoms with Gasteiger partial charge in [0.15, 0.2) is 0 Å². The van der Waals surface area contributed by atoms with Crippen LogP contribution in [0.15, 0.2) is 47.8 Å². The van der Waals surface area contributed by atoms with Crippen molar-refractivity contribution in [1.29, 1.82) is 0 Å². The van der Waals surface area contributed by atoms with Gasteiger partial charge in [0.25, 0.3) is 0 Å². The second-order valence-corrected chi connectivity index (χ2v) is 7.24. The number of anilines is 1. The first-order valence-electron chi connectivity index (χ1n) is 7.42. The number of rotatable bonds is 9. The fraction of sp³-hybridized carbons (Fsp3) is 0.353. The van der Waals surface area contributed by atoms with E-state index in [-0.39, 0.29) is 11.9 Å². The van der Waals surface area contributed by atoms with Gasteiger partial charge in [0, 0.05) is 41.1 Å². The van der Waals surface area contributed by atoms with E-state index in [0.29, 0.717) is 6.42 Å². The Morgan fingerprint density at radius 3 is 2.77 bits per heavy atom. The highest BCUT2D eigenvalue weighted by Crippen LogP contribution is 2.16. The molecule has 2 aromatic rings. The Morgan fingerprint density at radius 2 is 2.05 bits per heavy atom. The predicted octanol–water partition coefficient (Wildman–Crippen LogP) is 3.99. The highest BCUT2D eigenvalue weighted by Gasteiger charge is 2.08. The van der Waals surface area contributed by atoms with Crippen molar-refractivity contribution in [2.75, 3.05) is 17.6 Å². The number of amides is 1. The van der Waals surface area contributed by atoms with Crippen molar-refractivity contribution >= 4 is 34.7 Å². The molecule has 0 radical (unpaired) electrons. The molecule has 0 aliphatic rings. The lowest BCUT2D eigenvalue weighted by atomic mass is 10.2. The molecule has 1 heterocycles. The molecule has 1 aromatic carbocycles. The number of thioether (sulfide) groups is 1. The summed E-state index contributed by atoms with van der Waals surface area (Å²) in [6.45, 7) is 2.98. The number of carbonyl (C=O) groups is 1. The van der Waals surface area contributed by atoms with Crippen LogP contribution in [0.1, 0.15) is 18.2 Å². The van der Waals surface area contributed by atoms with E-state index in [2.05, 4.69) is 35.1 Å². The van der Waals surface area contributed by atoms with Crippen LogP contribution in [0.5, 0.6) is 0 Å². The molecule has 0 aliphatic carbocycles. The van der Waals surface area contributed by atoms with Crippen molar-refractivity contribution in [2.45, 2.75) is 25.1 Å². The molecule has 118 valence electrons. The number of hydrogen-bond donors (Lipinski definition) is 2. The van der Waals surface area contributed by atoms with E-state index in [4.69, 9.17) is 0 Å². The number of benzene rings is 1. The minimum absolute atomic E-state index is 0.0532. The molecule has 5 heteroatoms. The summed E-state index contributed by atoms with van der Waals surface area (Å²) in [6.07, 6.45) is 0.491. The summed E-state index contributed by atoms with van der Waals surface area (Å²) >= 11 is 3.72. The Bertz CT molecular complexity index is 543. The van der Waals surface area contributed by atoms with Gasteiger partial charge >= 0.3 is 0 Å². The summed E-state index contributed by atoms with van der Waals surface area (Å²) in [5, 5.41) is 8.42. The van der Waals surface area contributed by atoms with Gasteiger partial charge in [-0.2, -0.15) is 11.8 Å². The summed E-state index contributed by atoms with van der Waals surface area (Å²) in [7, 11) is 0. The Hall–Kier alpha value is -1.30. The quantitative estimate of drug-likeness (QED) is 0.681. The van der Waals surface area contributed by atoms with Crippen molar-refractivity contribution in [3.8, 4) is 0 Å². The molecule has 1 amide bonds. The number of hydrogen-bond acceptors (Lipinski definition) is 4. The average Bonchev–Trinajstić information content (AvgIpc) is 3.01. The molecule has 0 saturated carbocycles. The molecule has 1 atom stereocenters. The highest BCUT2D eigenvalue weighted by molar-refractivity contribution is 7.98. The molecular formula is C17H22N2OS2. The van der Waals surface area contributed by atoms with E-state index >= 15 is 0 Å². The highest BCUT2D eigenvalue weighted by atomic mass is 32.2. The fourth-order valence-corrected chi connectivity index (χ4v) is 3.74. The van der Waals surface area contributed by atoms with Gasteiger partial charge in [-0.15, -0.1) is 11.3 Å². The van der Waals surface area contributed by atoms with Crippen LogP contribution in [0.25, 0.3) is 0 Å². The van der Waals surface area contributed by atoms with Crippen LogP contribution in [0, 0.1) is 0 Å². The van der Waals surface area contributed by atoms with E-state index in [1.54, 1.807) is 11.3 Å². The fourth-order valence-electron chi connectivity index (χ4n) is 2.03. The second kappa shape index (κ2) is 9.66. The first-order chi connectivity index (χ1) is 10.7. The predicted molar refractivity (Wildman–Crippen MR) is 97.6 cm³/mol. The van der Waals surface area contributed by atoms with Crippen LogP contribution < -0.4 is 10.6 Å². The maximum Gasteiger partial charge on any atom is 0.225 e. The van der Waals surface area contributed by atoms with E-state index in [0.717, 1.165) is 23.7 Å². The van der Waals surface area contributed by atoms with Crippen molar-refractivity contribution in [1.82, 2.24) is 5.32 Å². The summed E-state index contributed by atoms with van der Waals surface area (Å²) in [6, 6.07) is 14.0.